The maximum absolute atomic E-state index is 9.80. The molecule has 12 heavy (non-hydrogen) atoms. The monoisotopic (exact) mass is 176 g/mol. The van der Waals surface area contributed by atoms with Crippen LogP contribution in [-0.2, 0) is 14.2 Å². The summed E-state index contributed by atoms with van der Waals surface area (Å²) in [5, 5.41) is 0. The Balaban J connectivity index is 0.000000202. The van der Waals surface area contributed by atoms with Gasteiger partial charge in [-0.1, -0.05) is 0 Å². The van der Waals surface area contributed by atoms with E-state index in [0.717, 1.165) is 0 Å². The quantitative estimate of drug-likeness (QED) is 0.526. The van der Waals surface area contributed by atoms with Gasteiger partial charge in [-0.05, 0) is 20.8 Å². The van der Waals surface area contributed by atoms with Crippen molar-refractivity contribution in [3.8, 4) is 0 Å². The molecule has 1 aliphatic heterocycles. The standard InChI is InChI=1S/C5H12O.C3H4O3/c1-5(2,3)6-4;4-3-5-1-2-6-3/h1-4H3;1-2H2. The molecule has 1 heterocycles. The van der Waals surface area contributed by atoms with Crippen molar-refractivity contribution in [2.24, 2.45) is 0 Å². The van der Waals surface area contributed by atoms with Crippen molar-refractivity contribution in [2.45, 2.75) is 26.4 Å². The molecule has 1 rings (SSSR count). The molecule has 0 aromatic heterocycles. The van der Waals surface area contributed by atoms with Gasteiger partial charge in [0, 0.05) is 7.11 Å². The first-order chi connectivity index (χ1) is 5.45. The van der Waals surface area contributed by atoms with Gasteiger partial charge in [0.1, 0.15) is 13.2 Å². The Hall–Kier alpha value is -0.770. The lowest BCUT2D eigenvalue weighted by atomic mass is 10.2. The molecule has 0 atom stereocenters. The molecule has 0 amide bonds. The van der Waals surface area contributed by atoms with Crippen molar-refractivity contribution < 1.29 is 19.0 Å². The number of cyclic esters (lactones) is 2. The number of rotatable bonds is 0. The van der Waals surface area contributed by atoms with E-state index in [4.69, 9.17) is 4.74 Å². The fourth-order valence-corrected chi connectivity index (χ4v) is 0.292. The van der Waals surface area contributed by atoms with Crippen LogP contribution < -0.4 is 0 Å². The molecule has 4 heteroatoms. The summed E-state index contributed by atoms with van der Waals surface area (Å²) in [6.45, 7) is 6.89. The molecule has 72 valence electrons. The molecule has 0 bridgehead atoms. The smallest absolute Gasteiger partial charge is 0.431 e. The number of carbonyl (C=O) groups excluding carboxylic acids is 1. The third-order valence-corrected chi connectivity index (χ3v) is 1.14. The van der Waals surface area contributed by atoms with Crippen molar-refractivity contribution in [1.29, 1.82) is 0 Å². The maximum atomic E-state index is 9.80. The molecule has 0 aromatic rings. The van der Waals surface area contributed by atoms with Gasteiger partial charge in [0.2, 0.25) is 0 Å². The van der Waals surface area contributed by atoms with E-state index in [-0.39, 0.29) is 5.60 Å². The van der Waals surface area contributed by atoms with Crippen LogP contribution in [0, 0.1) is 0 Å². The first-order valence-electron chi connectivity index (χ1n) is 3.80. The zero-order valence-electron chi connectivity index (χ0n) is 8.05. The molecular weight excluding hydrogens is 160 g/mol. The Morgan fingerprint density at radius 1 is 1.25 bits per heavy atom. The molecule has 0 spiro atoms. The minimum Gasteiger partial charge on any atom is -0.431 e. The Kier molecular flexibility index (Phi) is 4.66. The second-order valence-electron chi connectivity index (χ2n) is 3.26. The summed E-state index contributed by atoms with van der Waals surface area (Å²) in [4.78, 5) is 9.80. The largest absolute Gasteiger partial charge is 0.508 e. The molecule has 0 N–H and O–H groups in total. The summed E-state index contributed by atoms with van der Waals surface area (Å²) in [5.41, 5.74) is 0.0417. The highest BCUT2D eigenvalue weighted by Crippen LogP contribution is 2.02. The van der Waals surface area contributed by atoms with Crippen molar-refractivity contribution in [2.75, 3.05) is 20.3 Å². The molecule has 4 nitrogen and oxygen atoms in total. The molecule has 0 aromatic carbocycles. The molecule has 0 radical (unpaired) electrons. The fraction of sp³-hybridized carbons (Fsp3) is 0.875. The van der Waals surface area contributed by atoms with E-state index in [1.54, 1.807) is 7.11 Å². The van der Waals surface area contributed by atoms with Gasteiger partial charge in [-0.2, -0.15) is 0 Å². The predicted octanol–water partition coefficient (Wildman–Crippen LogP) is 1.58. The number of ether oxygens (including phenoxy) is 3. The lowest BCUT2D eigenvalue weighted by Crippen LogP contribution is -2.15. The van der Waals surface area contributed by atoms with Crippen LogP contribution >= 0.6 is 0 Å². The van der Waals surface area contributed by atoms with Crippen LogP contribution in [0.25, 0.3) is 0 Å². The van der Waals surface area contributed by atoms with Gasteiger partial charge in [0.15, 0.2) is 0 Å². The van der Waals surface area contributed by atoms with E-state index in [1.165, 1.54) is 0 Å². The van der Waals surface area contributed by atoms with Gasteiger partial charge in [0.05, 0.1) is 5.60 Å². The molecule has 0 aliphatic carbocycles. The van der Waals surface area contributed by atoms with Crippen molar-refractivity contribution in [1.82, 2.24) is 0 Å². The zero-order chi connectivity index (χ0) is 9.61. The Labute approximate surface area is 72.8 Å². The van der Waals surface area contributed by atoms with Crippen LogP contribution in [0.2, 0.25) is 0 Å². The second kappa shape index (κ2) is 4.98. The molecule has 1 aliphatic rings. The SMILES string of the molecule is COC(C)(C)C.O=C1OCCO1. The van der Waals surface area contributed by atoms with Crippen LogP contribution in [0.5, 0.6) is 0 Å². The number of hydrogen-bond acceptors (Lipinski definition) is 4. The van der Waals surface area contributed by atoms with Gasteiger partial charge in [-0.25, -0.2) is 4.79 Å². The Morgan fingerprint density at radius 3 is 1.67 bits per heavy atom. The third kappa shape index (κ3) is 7.34. The predicted molar refractivity (Wildman–Crippen MR) is 44.1 cm³/mol. The van der Waals surface area contributed by atoms with Crippen molar-refractivity contribution in [3.05, 3.63) is 0 Å². The van der Waals surface area contributed by atoms with Gasteiger partial charge in [-0.3, -0.25) is 0 Å². The topological polar surface area (TPSA) is 44.8 Å². The van der Waals surface area contributed by atoms with E-state index in [2.05, 4.69) is 9.47 Å². The van der Waals surface area contributed by atoms with Crippen molar-refractivity contribution >= 4 is 6.16 Å². The summed E-state index contributed by atoms with van der Waals surface area (Å²) in [5.74, 6) is 0. The number of carbonyl (C=O) groups is 1. The minimum atomic E-state index is -0.546. The highest BCUT2D eigenvalue weighted by atomic mass is 16.8. The van der Waals surface area contributed by atoms with E-state index in [0.29, 0.717) is 13.2 Å². The van der Waals surface area contributed by atoms with Gasteiger partial charge in [0.25, 0.3) is 0 Å². The molecular formula is C8H16O4. The zero-order valence-corrected chi connectivity index (χ0v) is 8.05. The molecule has 1 fully saturated rings. The van der Waals surface area contributed by atoms with Crippen LogP contribution in [0.1, 0.15) is 20.8 Å². The van der Waals surface area contributed by atoms with E-state index in [1.807, 2.05) is 20.8 Å². The van der Waals surface area contributed by atoms with E-state index < -0.39 is 6.16 Å². The van der Waals surface area contributed by atoms with Gasteiger partial charge in [-0.15, -0.1) is 0 Å². The van der Waals surface area contributed by atoms with Gasteiger partial charge >= 0.3 is 6.16 Å². The third-order valence-electron chi connectivity index (χ3n) is 1.14. The van der Waals surface area contributed by atoms with Crippen LogP contribution in [-0.4, -0.2) is 32.1 Å². The summed E-state index contributed by atoms with van der Waals surface area (Å²) < 4.78 is 13.5. The first-order valence-corrected chi connectivity index (χ1v) is 3.80. The summed E-state index contributed by atoms with van der Waals surface area (Å²) in [7, 11) is 1.71. The molecule has 0 saturated carbocycles. The minimum absolute atomic E-state index is 0.0417. The lowest BCUT2D eigenvalue weighted by molar-refractivity contribution is 0.0397. The van der Waals surface area contributed by atoms with Crippen LogP contribution in [0.15, 0.2) is 0 Å². The summed E-state index contributed by atoms with van der Waals surface area (Å²) >= 11 is 0. The lowest BCUT2D eigenvalue weighted by Gasteiger charge is -2.14. The van der Waals surface area contributed by atoms with Crippen molar-refractivity contribution in [3.63, 3.8) is 0 Å². The highest BCUT2D eigenvalue weighted by molar-refractivity contribution is 5.61. The van der Waals surface area contributed by atoms with E-state index in [9.17, 15) is 4.79 Å². The number of hydrogen-bond donors (Lipinski definition) is 0. The Bertz CT molecular complexity index is 128. The fourth-order valence-electron chi connectivity index (χ4n) is 0.292. The van der Waals surface area contributed by atoms with E-state index >= 15 is 0 Å². The molecule has 1 saturated heterocycles. The number of methoxy groups -OCH3 is 1. The Morgan fingerprint density at radius 2 is 1.58 bits per heavy atom. The normalized spacial score (nSPS) is 15.8. The average molecular weight is 176 g/mol. The summed E-state index contributed by atoms with van der Waals surface area (Å²) in [6.07, 6.45) is -0.546. The average Bonchev–Trinajstić information content (AvgIpc) is 2.39. The van der Waals surface area contributed by atoms with Gasteiger partial charge < -0.3 is 14.2 Å². The maximum Gasteiger partial charge on any atom is 0.508 e. The second-order valence-corrected chi connectivity index (χ2v) is 3.26. The first kappa shape index (κ1) is 11.2. The molecule has 0 unspecified atom stereocenters. The highest BCUT2D eigenvalue weighted by Gasteiger charge is 2.09. The van der Waals surface area contributed by atoms with Crippen LogP contribution in [0.4, 0.5) is 4.79 Å². The van der Waals surface area contributed by atoms with Crippen LogP contribution in [0.3, 0.4) is 0 Å². The summed E-state index contributed by atoms with van der Waals surface area (Å²) in [6, 6.07) is 0.